The minimum absolute atomic E-state index is 0.708. The zero-order valence-corrected chi connectivity index (χ0v) is 12.2. The summed E-state index contributed by atoms with van der Waals surface area (Å²) in [6.07, 6.45) is 2.61. The van der Waals surface area contributed by atoms with Gasteiger partial charge in [0.1, 0.15) is 6.29 Å². The first-order valence-corrected chi connectivity index (χ1v) is 7.41. The van der Waals surface area contributed by atoms with Crippen LogP contribution in [0, 0.1) is 0 Å². The molecule has 0 N–H and O–H groups in total. The molecule has 0 radical (unpaired) electrons. The van der Waals surface area contributed by atoms with Gasteiger partial charge in [0.25, 0.3) is 0 Å². The highest BCUT2D eigenvalue weighted by atomic mass is 16.1. The van der Waals surface area contributed by atoms with Gasteiger partial charge >= 0.3 is 0 Å². The number of unbranched alkanes of at least 4 members (excludes halogenated alkanes) is 1. The van der Waals surface area contributed by atoms with E-state index in [4.69, 9.17) is 0 Å². The van der Waals surface area contributed by atoms with Crippen molar-refractivity contribution in [1.82, 2.24) is 0 Å². The third kappa shape index (κ3) is 2.47. The highest BCUT2D eigenvalue weighted by molar-refractivity contribution is 6.22. The molecule has 0 bridgehead atoms. The first-order chi connectivity index (χ1) is 10.3. The van der Waals surface area contributed by atoms with E-state index in [9.17, 15) is 4.79 Å². The number of benzene rings is 4. The maximum absolute atomic E-state index is 9.40. The van der Waals surface area contributed by atoms with E-state index in [1.807, 2.05) is 6.92 Å². The Bertz CT molecular complexity index is 747. The predicted molar refractivity (Wildman–Crippen MR) is 91.1 cm³/mol. The maximum atomic E-state index is 9.40. The van der Waals surface area contributed by atoms with Crippen LogP contribution >= 0.6 is 0 Å². The van der Waals surface area contributed by atoms with Crippen LogP contribution in [0.3, 0.4) is 0 Å². The summed E-state index contributed by atoms with van der Waals surface area (Å²) >= 11 is 0. The number of carbonyl (C=O) groups is 1. The van der Waals surface area contributed by atoms with Crippen LogP contribution in [0.5, 0.6) is 0 Å². The molecule has 21 heavy (non-hydrogen) atoms. The fourth-order valence-corrected chi connectivity index (χ4v) is 2.79. The van der Waals surface area contributed by atoms with Crippen LogP contribution in [-0.4, -0.2) is 6.29 Å². The largest absolute Gasteiger partial charge is 0.303 e. The summed E-state index contributed by atoms with van der Waals surface area (Å²) < 4.78 is 0. The van der Waals surface area contributed by atoms with Gasteiger partial charge in [-0.15, -0.1) is 0 Å². The molecule has 0 aliphatic rings. The number of rotatable bonds is 2. The molecule has 0 aromatic heterocycles. The van der Waals surface area contributed by atoms with E-state index in [0.29, 0.717) is 6.42 Å². The van der Waals surface area contributed by atoms with Gasteiger partial charge in [-0.05, 0) is 38.7 Å². The van der Waals surface area contributed by atoms with Gasteiger partial charge in [0.15, 0.2) is 0 Å². The SMILES string of the molecule is CCCC=O.c1cc2ccc3cccc4ccc(c1)c2c34. The molecule has 4 aromatic rings. The summed E-state index contributed by atoms with van der Waals surface area (Å²) in [5.74, 6) is 0. The molecule has 104 valence electrons. The van der Waals surface area contributed by atoms with E-state index in [-0.39, 0.29) is 0 Å². The van der Waals surface area contributed by atoms with E-state index >= 15 is 0 Å². The Morgan fingerprint density at radius 3 is 1.33 bits per heavy atom. The lowest BCUT2D eigenvalue weighted by atomic mass is 9.95. The van der Waals surface area contributed by atoms with Crippen LogP contribution in [0.25, 0.3) is 32.3 Å². The lowest BCUT2D eigenvalue weighted by molar-refractivity contribution is -0.107. The predicted octanol–water partition coefficient (Wildman–Crippen LogP) is 5.57. The van der Waals surface area contributed by atoms with Crippen molar-refractivity contribution in [3.63, 3.8) is 0 Å². The molecule has 0 unspecified atom stereocenters. The monoisotopic (exact) mass is 274 g/mol. The molecule has 4 aromatic carbocycles. The third-order valence-electron chi connectivity index (χ3n) is 3.80. The molecule has 0 amide bonds. The molecule has 0 atom stereocenters. The number of aldehydes is 1. The molecule has 0 heterocycles. The van der Waals surface area contributed by atoms with Crippen molar-refractivity contribution >= 4 is 38.6 Å². The van der Waals surface area contributed by atoms with Crippen molar-refractivity contribution in [2.75, 3.05) is 0 Å². The van der Waals surface area contributed by atoms with Crippen LogP contribution < -0.4 is 0 Å². The van der Waals surface area contributed by atoms with Gasteiger partial charge in [-0.3, -0.25) is 0 Å². The van der Waals surface area contributed by atoms with Crippen LogP contribution in [0.4, 0.5) is 0 Å². The van der Waals surface area contributed by atoms with Gasteiger partial charge in [0.05, 0.1) is 0 Å². The average Bonchev–Trinajstić information content (AvgIpc) is 2.54. The van der Waals surface area contributed by atoms with Gasteiger partial charge in [-0.1, -0.05) is 67.6 Å². The van der Waals surface area contributed by atoms with Crippen LogP contribution in [0.15, 0.2) is 60.7 Å². The topological polar surface area (TPSA) is 17.1 Å². The van der Waals surface area contributed by atoms with E-state index in [0.717, 1.165) is 12.7 Å². The lowest BCUT2D eigenvalue weighted by Crippen LogP contribution is -1.82. The fraction of sp³-hybridized carbons (Fsp3) is 0.150. The highest BCUT2D eigenvalue weighted by Gasteiger charge is 2.05. The van der Waals surface area contributed by atoms with Gasteiger partial charge < -0.3 is 4.79 Å². The summed E-state index contributed by atoms with van der Waals surface area (Å²) in [5, 5.41) is 8.14. The summed E-state index contributed by atoms with van der Waals surface area (Å²) in [6.45, 7) is 1.98. The number of carbonyl (C=O) groups excluding carboxylic acids is 1. The minimum Gasteiger partial charge on any atom is -0.303 e. The molecular formula is C20H18O. The van der Waals surface area contributed by atoms with Crippen molar-refractivity contribution in [2.24, 2.45) is 0 Å². The van der Waals surface area contributed by atoms with Gasteiger partial charge in [0.2, 0.25) is 0 Å². The molecule has 0 fully saturated rings. The van der Waals surface area contributed by atoms with E-state index in [1.165, 1.54) is 32.3 Å². The van der Waals surface area contributed by atoms with E-state index in [2.05, 4.69) is 60.7 Å². The van der Waals surface area contributed by atoms with E-state index in [1.54, 1.807) is 0 Å². The van der Waals surface area contributed by atoms with Crippen LogP contribution in [-0.2, 0) is 4.79 Å². The Balaban J connectivity index is 0.000000233. The van der Waals surface area contributed by atoms with Crippen LogP contribution in [0.2, 0.25) is 0 Å². The molecule has 0 saturated heterocycles. The summed E-state index contributed by atoms with van der Waals surface area (Å²) in [7, 11) is 0. The quantitative estimate of drug-likeness (QED) is 0.345. The molecule has 0 aliphatic carbocycles. The molecule has 0 spiro atoms. The second kappa shape index (κ2) is 5.92. The van der Waals surface area contributed by atoms with Crippen molar-refractivity contribution in [1.29, 1.82) is 0 Å². The molecule has 4 rings (SSSR count). The van der Waals surface area contributed by atoms with Crippen molar-refractivity contribution in [2.45, 2.75) is 19.8 Å². The number of hydrogen-bond acceptors (Lipinski definition) is 1. The normalized spacial score (nSPS) is 10.7. The Morgan fingerprint density at radius 2 is 1.10 bits per heavy atom. The second-order valence-electron chi connectivity index (χ2n) is 5.24. The fourth-order valence-electron chi connectivity index (χ4n) is 2.79. The molecule has 0 aliphatic heterocycles. The first-order valence-electron chi connectivity index (χ1n) is 7.41. The minimum atomic E-state index is 0.708. The number of hydrogen-bond donors (Lipinski definition) is 0. The Labute approximate surface area is 124 Å². The molecule has 1 heteroatoms. The van der Waals surface area contributed by atoms with Crippen molar-refractivity contribution in [3.05, 3.63) is 60.7 Å². The Kier molecular flexibility index (Phi) is 3.83. The molecule has 0 saturated carbocycles. The summed E-state index contributed by atoms with van der Waals surface area (Å²) in [5.41, 5.74) is 0. The zero-order chi connectivity index (χ0) is 14.7. The molecular weight excluding hydrogens is 256 g/mol. The van der Waals surface area contributed by atoms with Gasteiger partial charge in [-0.25, -0.2) is 0 Å². The van der Waals surface area contributed by atoms with E-state index < -0.39 is 0 Å². The van der Waals surface area contributed by atoms with Gasteiger partial charge in [0, 0.05) is 6.42 Å². The zero-order valence-electron chi connectivity index (χ0n) is 12.2. The maximum Gasteiger partial charge on any atom is 0.119 e. The van der Waals surface area contributed by atoms with Crippen LogP contribution in [0.1, 0.15) is 19.8 Å². The summed E-state index contributed by atoms with van der Waals surface area (Å²) in [4.78, 5) is 9.40. The average molecular weight is 274 g/mol. The summed E-state index contributed by atoms with van der Waals surface area (Å²) in [6, 6.07) is 21.9. The highest BCUT2D eigenvalue weighted by Crippen LogP contribution is 2.33. The third-order valence-corrected chi connectivity index (χ3v) is 3.80. The smallest absolute Gasteiger partial charge is 0.119 e. The van der Waals surface area contributed by atoms with Crippen molar-refractivity contribution < 1.29 is 4.79 Å². The Hall–Kier alpha value is -2.41. The van der Waals surface area contributed by atoms with Gasteiger partial charge in [-0.2, -0.15) is 0 Å². The first kappa shape index (κ1) is 13.6. The van der Waals surface area contributed by atoms with Crippen molar-refractivity contribution in [3.8, 4) is 0 Å². The standard InChI is InChI=1S/C16H10.C4H8O/c1-3-11-7-9-13-5-2-6-14-10-8-12(4-1)15(11)16(13)14;1-2-3-4-5/h1-10H;4H,2-3H2,1H3. The molecule has 1 nitrogen and oxygen atoms in total. The second-order valence-corrected chi connectivity index (χ2v) is 5.24. The Morgan fingerprint density at radius 1 is 0.714 bits per heavy atom. The lowest BCUT2D eigenvalue weighted by Gasteiger charge is -2.09.